The third kappa shape index (κ3) is 3.60. The van der Waals surface area contributed by atoms with Gasteiger partial charge in [-0.15, -0.1) is 0 Å². The van der Waals surface area contributed by atoms with Crippen LogP contribution in [0.1, 0.15) is 28.9 Å². The normalized spacial score (nSPS) is 18.9. The minimum absolute atomic E-state index is 0.0163. The fourth-order valence-corrected chi connectivity index (χ4v) is 3.43. The van der Waals surface area contributed by atoms with Gasteiger partial charge in [-0.1, -0.05) is 35.3 Å². The standard InChI is InChI=1S/C19H17Cl2N3O3/c20-14-4-1-5-16(17(14)21)27-13-7-12(8-13)22-19(26)15-9-24-6-2-3-11(10-25)18(24)23-15/h1-6,9,12-13,25H,7-8,10H2,(H,22,26)/t12-,13-. The van der Waals surface area contributed by atoms with Gasteiger partial charge in [-0.25, -0.2) is 4.98 Å². The van der Waals surface area contributed by atoms with E-state index in [0.29, 0.717) is 45.5 Å². The van der Waals surface area contributed by atoms with Crippen LogP contribution in [0.5, 0.6) is 5.75 Å². The Hall–Kier alpha value is -2.28. The van der Waals surface area contributed by atoms with Crippen molar-refractivity contribution in [1.29, 1.82) is 0 Å². The number of amides is 1. The number of fused-ring (bicyclic) bond motifs is 1. The summed E-state index contributed by atoms with van der Waals surface area (Å²) in [6, 6.07) is 8.86. The van der Waals surface area contributed by atoms with Gasteiger partial charge in [0.25, 0.3) is 5.91 Å². The first-order chi connectivity index (χ1) is 13.0. The largest absolute Gasteiger partial charge is 0.489 e. The van der Waals surface area contributed by atoms with Crippen LogP contribution in [-0.4, -0.2) is 32.5 Å². The first-order valence-electron chi connectivity index (χ1n) is 8.54. The van der Waals surface area contributed by atoms with Crippen LogP contribution in [0.25, 0.3) is 5.65 Å². The minimum Gasteiger partial charge on any atom is -0.489 e. The molecule has 6 nitrogen and oxygen atoms in total. The van der Waals surface area contributed by atoms with Crippen LogP contribution < -0.4 is 10.1 Å². The summed E-state index contributed by atoms with van der Waals surface area (Å²) in [5, 5.41) is 13.2. The van der Waals surface area contributed by atoms with Gasteiger partial charge in [-0.05, 0) is 18.2 Å². The number of carbonyl (C=O) groups is 1. The molecule has 1 fully saturated rings. The molecule has 27 heavy (non-hydrogen) atoms. The van der Waals surface area contributed by atoms with E-state index >= 15 is 0 Å². The number of imidazole rings is 1. The van der Waals surface area contributed by atoms with Crippen LogP contribution >= 0.6 is 23.2 Å². The Bertz CT molecular complexity index is 999. The molecule has 0 radical (unpaired) electrons. The zero-order chi connectivity index (χ0) is 19.0. The van der Waals surface area contributed by atoms with Crippen molar-refractivity contribution >= 4 is 34.8 Å². The predicted octanol–water partition coefficient (Wildman–Crippen LogP) is 3.47. The third-order valence-electron chi connectivity index (χ3n) is 4.61. The van der Waals surface area contributed by atoms with Gasteiger partial charge in [0.15, 0.2) is 0 Å². The molecule has 0 spiro atoms. The van der Waals surface area contributed by atoms with Gasteiger partial charge in [-0.3, -0.25) is 4.79 Å². The van der Waals surface area contributed by atoms with Crippen molar-refractivity contribution < 1.29 is 14.6 Å². The molecule has 4 rings (SSSR count). The number of hydrogen-bond acceptors (Lipinski definition) is 4. The van der Waals surface area contributed by atoms with E-state index in [0.717, 1.165) is 0 Å². The second-order valence-corrected chi connectivity index (χ2v) is 7.27. The molecule has 0 saturated heterocycles. The highest BCUT2D eigenvalue weighted by Crippen LogP contribution is 2.35. The lowest BCUT2D eigenvalue weighted by atomic mass is 9.89. The van der Waals surface area contributed by atoms with Crippen LogP contribution in [0.3, 0.4) is 0 Å². The van der Waals surface area contributed by atoms with E-state index in [2.05, 4.69) is 10.3 Å². The number of nitrogens with one attached hydrogen (secondary N) is 1. The molecule has 1 amide bonds. The SMILES string of the molecule is O=C(N[C@H]1C[C@H](Oc2cccc(Cl)c2Cl)C1)c1cn2cccc(CO)c2n1. The van der Waals surface area contributed by atoms with Gasteiger partial charge in [-0.2, -0.15) is 0 Å². The number of benzene rings is 1. The van der Waals surface area contributed by atoms with Crippen molar-refractivity contribution in [2.45, 2.75) is 31.6 Å². The number of carbonyl (C=O) groups excluding carboxylic acids is 1. The lowest BCUT2D eigenvalue weighted by Gasteiger charge is -2.35. The van der Waals surface area contributed by atoms with Gasteiger partial charge in [0.05, 0.1) is 11.6 Å². The van der Waals surface area contributed by atoms with Crippen molar-refractivity contribution in [1.82, 2.24) is 14.7 Å². The lowest BCUT2D eigenvalue weighted by molar-refractivity contribution is 0.0698. The number of ether oxygens (including phenoxy) is 1. The minimum atomic E-state index is -0.244. The van der Waals surface area contributed by atoms with Crippen molar-refractivity contribution in [2.75, 3.05) is 0 Å². The molecule has 2 heterocycles. The fourth-order valence-electron chi connectivity index (χ4n) is 3.10. The summed E-state index contributed by atoms with van der Waals surface area (Å²) in [4.78, 5) is 16.8. The highest BCUT2D eigenvalue weighted by Gasteiger charge is 2.33. The highest BCUT2D eigenvalue weighted by molar-refractivity contribution is 6.42. The van der Waals surface area contributed by atoms with Gasteiger partial charge < -0.3 is 19.6 Å². The van der Waals surface area contributed by atoms with E-state index in [9.17, 15) is 9.90 Å². The Labute approximate surface area is 165 Å². The fraction of sp³-hybridized carbons (Fsp3) is 0.263. The summed E-state index contributed by atoms with van der Waals surface area (Å²) >= 11 is 12.1. The molecule has 1 saturated carbocycles. The van der Waals surface area contributed by atoms with Crippen molar-refractivity contribution in [3.05, 3.63) is 64.0 Å². The number of nitrogens with zero attached hydrogens (tertiary/aromatic N) is 2. The Morgan fingerprint density at radius 2 is 2.11 bits per heavy atom. The molecule has 1 aromatic carbocycles. The number of aliphatic hydroxyl groups is 1. The molecular weight excluding hydrogens is 389 g/mol. The van der Waals surface area contributed by atoms with Crippen LogP contribution in [0.15, 0.2) is 42.7 Å². The van der Waals surface area contributed by atoms with Gasteiger partial charge in [0, 0.05) is 36.8 Å². The van der Waals surface area contributed by atoms with Crippen LogP contribution in [0.2, 0.25) is 10.0 Å². The molecular formula is C19H17Cl2N3O3. The molecule has 0 bridgehead atoms. The van der Waals surface area contributed by atoms with E-state index in [4.69, 9.17) is 27.9 Å². The molecule has 0 atom stereocenters. The molecule has 1 aliphatic rings. The number of rotatable bonds is 5. The Morgan fingerprint density at radius 1 is 1.30 bits per heavy atom. The number of pyridine rings is 1. The summed E-state index contributed by atoms with van der Waals surface area (Å²) in [6.07, 6.45) is 4.80. The van der Waals surface area contributed by atoms with E-state index in [1.54, 1.807) is 47.1 Å². The molecule has 0 unspecified atom stereocenters. The first kappa shape index (κ1) is 18.1. The summed E-state index contributed by atoms with van der Waals surface area (Å²) < 4.78 is 7.57. The van der Waals surface area contributed by atoms with E-state index in [1.807, 2.05) is 0 Å². The number of hydrogen-bond donors (Lipinski definition) is 2. The Morgan fingerprint density at radius 3 is 2.89 bits per heavy atom. The van der Waals surface area contributed by atoms with Crippen molar-refractivity contribution in [2.24, 2.45) is 0 Å². The summed E-state index contributed by atoms with van der Waals surface area (Å²) in [7, 11) is 0. The lowest BCUT2D eigenvalue weighted by Crippen LogP contribution is -2.49. The maximum atomic E-state index is 12.5. The molecule has 3 aromatic rings. The Balaban J connectivity index is 1.36. The first-order valence-corrected chi connectivity index (χ1v) is 9.29. The highest BCUT2D eigenvalue weighted by atomic mass is 35.5. The van der Waals surface area contributed by atoms with Gasteiger partial charge in [0.1, 0.15) is 28.2 Å². The summed E-state index contributed by atoms with van der Waals surface area (Å²) in [6.45, 7) is -0.129. The monoisotopic (exact) mass is 405 g/mol. The number of aliphatic hydroxyl groups excluding tert-OH is 1. The maximum absolute atomic E-state index is 12.5. The topological polar surface area (TPSA) is 75.9 Å². The third-order valence-corrected chi connectivity index (χ3v) is 5.41. The molecule has 0 aliphatic heterocycles. The smallest absolute Gasteiger partial charge is 0.271 e. The predicted molar refractivity (Wildman–Crippen MR) is 102 cm³/mol. The maximum Gasteiger partial charge on any atom is 0.271 e. The molecule has 2 aromatic heterocycles. The molecule has 140 valence electrons. The zero-order valence-corrected chi connectivity index (χ0v) is 15.7. The van der Waals surface area contributed by atoms with Crippen molar-refractivity contribution in [3.8, 4) is 5.75 Å². The quantitative estimate of drug-likeness (QED) is 0.681. The average Bonchev–Trinajstić information content (AvgIpc) is 3.07. The van der Waals surface area contributed by atoms with Gasteiger partial charge in [0.2, 0.25) is 0 Å². The molecule has 1 aliphatic carbocycles. The van der Waals surface area contributed by atoms with E-state index in [1.165, 1.54) is 0 Å². The van der Waals surface area contributed by atoms with Gasteiger partial charge >= 0.3 is 0 Å². The van der Waals surface area contributed by atoms with Crippen LogP contribution in [-0.2, 0) is 6.61 Å². The Kier molecular flexibility index (Phi) is 4.95. The summed E-state index contributed by atoms with van der Waals surface area (Å²) in [5.74, 6) is 0.308. The van der Waals surface area contributed by atoms with E-state index in [-0.39, 0.29) is 24.7 Å². The van der Waals surface area contributed by atoms with Crippen LogP contribution in [0.4, 0.5) is 0 Å². The second-order valence-electron chi connectivity index (χ2n) is 6.48. The second kappa shape index (κ2) is 7.38. The number of aromatic nitrogens is 2. The molecule has 2 N–H and O–H groups in total. The van der Waals surface area contributed by atoms with E-state index < -0.39 is 0 Å². The average molecular weight is 406 g/mol. The van der Waals surface area contributed by atoms with Crippen LogP contribution in [0, 0.1) is 0 Å². The molecule has 8 heteroatoms. The summed E-state index contributed by atoms with van der Waals surface area (Å²) in [5.41, 5.74) is 1.57. The zero-order valence-electron chi connectivity index (χ0n) is 14.2. The van der Waals surface area contributed by atoms with Crippen molar-refractivity contribution in [3.63, 3.8) is 0 Å². The number of halogens is 2.